The zero-order chi connectivity index (χ0) is 21.3. The number of nitrogens with zero attached hydrogens (tertiary/aromatic N) is 2. The van der Waals surface area contributed by atoms with Gasteiger partial charge in [0, 0.05) is 16.1 Å². The van der Waals surface area contributed by atoms with Crippen LogP contribution in [0.2, 0.25) is 0 Å². The molecule has 0 fully saturated rings. The maximum Gasteiger partial charge on any atom is 0.335 e. The lowest BCUT2D eigenvalue weighted by Crippen LogP contribution is -2.11. The van der Waals surface area contributed by atoms with Gasteiger partial charge in [-0.3, -0.25) is 4.79 Å². The number of aromatic carboxylic acids is 1. The normalized spacial score (nSPS) is 11.4. The van der Waals surface area contributed by atoms with Gasteiger partial charge in [-0.15, -0.1) is 0 Å². The van der Waals surface area contributed by atoms with Crippen LogP contribution < -0.4 is 5.56 Å². The summed E-state index contributed by atoms with van der Waals surface area (Å²) in [6.07, 6.45) is 1.48. The monoisotopic (exact) mass is 461 g/mol. The molecule has 146 valence electrons. The SMILES string of the molecule is N#CC(=Cc1ccc(-c2ccc(C(=O)O)cc2)o1)c1nc2ccc(Br)cc2c(=O)[nH]1. The van der Waals surface area contributed by atoms with Crippen molar-refractivity contribution in [2.24, 2.45) is 0 Å². The fraction of sp³-hybridized carbons (Fsp3) is 0. The lowest BCUT2D eigenvalue weighted by Gasteiger charge is -2.02. The van der Waals surface area contributed by atoms with Gasteiger partial charge < -0.3 is 14.5 Å². The number of carboxylic acid groups (broad SMARTS) is 1. The van der Waals surface area contributed by atoms with Crippen LogP contribution >= 0.6 is 15.9 Å². The van der Waals surface area contributed by atoms with E-state index in [1.807, 2.05) is 6.07 Å². The van der Waals surface area contributed by atoms with Crippen molar-refractivity contribution in [3.05, 3.63) is 86.6 Å². The van der Waals surface area contributed by atoms with E-state index in [1.54, 1.807) is 42.5 Å². The molecule has 0 saturated carbocycles. The van der Waals surface area contributed by atoms with Gasteiger partial charge in [0.15, 0.2) is 5.82 Å². The van der Waals surface area contributed by atoms with Crippen molar-refractivity contribution in [3.8, 4) is 17.4 Å². The van der Waals surface area contributed by atoms with Gasteiger partial charge >= 0.3 is 5.97 Å². The molecule has 8 heteroatoms. The van der Waals surface area contributed by atoms with E-state index in [2.05, 4.69) is 25.9 Å². The van der Waals surface area contributed by atoms with Crippen molar-refractivity contribution in [1.29, 1.82) is 5.26 Å². The first-order valence-corrected chi connectivity index (χ1v) is 9.49. The lowest BCUT2D eigenvalue weighted by atomic mass is 10.1. The van der Waals surface area contributed by atoms with Crippen LogP contribution in [0.25, 0.3) is 33.9 Å². The Morgan fingerprint density at radius 1 is 1.17 bits per heavy atom. The summed E-state index contributed by atoms with van der Waals surface area (Å²) in [4.78, 5) is 30.3. The summed E-state index contributed by atoms with van der Waals surface area (Å²) in [5.41, 5.74) is 1.13. The summed E-state index contributed by atoms with van der Waals surface area (Å²) in [5.74, 6) is 0.0382. The maximum absolute atomic E-state index is 12.4. The highest BCUT2D eigenvalue weighted by Crippen LogP contribution is 2.25. The van der Waals surface area contributed by atoms with Gasteiger partial charge in [-0.1, -0.05) is 28.1 Å². The molecule has 2 heterocycles. The number of carboxylic acids is 1. The highest BCUT2D eigenvalue weighted by Gasteiger charge is 2.11. The molecule has 0 saturated heterocycles. The Bertz CT molecular complexity index is 1410. The van der Waals surface area contributed by atoms with Gasteiger partial charge in [0.1, 0.15) is 17.6 Å². The smallest absolute Gasteiger partial charge is 0.335 e. The first kappa shape index (κ1) is 19.4. The number of nitriles is 1. The number of aromatic amines is 1. The van der Waals surface area contributed by atoms with E-state index < -0.39 is 5.97 Å². The molecular weight excluding hydrogens is 450 g/mol. The Labute approximate surface area is 178 Å². The fourth-order valence-corrected chi connectivity index (χ4v) is 3.26. The molecule has 4 aromatic rings. The Morgan fingerprint density at radius 3 is 2.63 bits per heavy atom. The number of fused-ring (bicyclic) bond motifs is 1. The highest BCUT2D eigenvalue weighted by molar-refractivity contribution is 9.10. The average Bonchev–Trinajstić information content (AvgIpc) is 3.21. The summed E-state index contributed by atoms with van der Waals surface area (Å²) >= 11 is 3.32. The van der Waals surface area contributed by atoms with Crippen LogP contribution in [0.3, 0.4) is 0 Å². The lowest BCUT2D eigenvalue weighted by molar-refractivity contribution is 0.0697. The fourth-order valence-electron chi connectivity index (χ4n) is 2.90. The van der Waals surface area contributed by atoms with Gasteiger partial charge in [0.05, 0.1) is 22.0 Å². The topological polar surface area (TPSA) is 120 Å². The number of H-pyrrole nitrogens is 1. The average molecular weight is 462 g/mol. The molecule has 0 atom stereocenters. The molecule has 0 amide bonds. The van der Waals surface area contributed by atoms with Crippen molar-refractivity contribution >= 4 is 44.5 Å². The van der Waals surface area contributed by atoms with Crippen LogP contribution in [-0.2, 0) is 0 Å². The number of aromatic nitrogens is 2. The molecule has 0 aliphatic rings. The van der Waals surface area contributed by atoms with E-state index in [9.17, 15) is 14.9 Å². The summed E-state index contributed by atoms with van der Waals surface area (Å²) in [5, 5.41) is 19.0. The number of hydrogen-bond acceptors (Lipinski definition) is 5. The summed E-state index contributed by atoms with van der Waals surface area (Å²) in [7, 11) is 0. The Hall–Kier alpha value is -3.96. The zero-order valence-corrected chi connectivity index (χ0v) is 16.8. The Morgan fingerprint density at radius 2 is 1.93 bits per heavy atom. The summed E-state index contributed by atoms with van der Waals surface area (Å²) in [6, 6.07) is 16.8. The van der Waals surface area contributed by atoms with Crippen LogP contribution in [0.5, 0.6) is 0 Å². The van der Waals surface area contributed by atoms with E-state index in [0.29, 0.717) is 28.0 Å². The van der Waals surface area contributed by atoms with Crippen LogP contribution in [-0.4, -0.2) is 21.0 Å². The summed E-state index contributed by atoms with van der Waals surface area (Å²) in [6.45, 7) is 0. The molecule has 2 aromatic heterocycles. The van der Waals surface area contributed by atoms with Crippen LogP contribution in [0, 0.1) is 11.3 Å². The number of benzene rings is 2. The number of hydrogen-bond donors (Lipinski definition) is 2. The number of carbonyl (C=O) groups is 1. The van der Waals surface area contributed by atoms with Crippen LogP contribution in [0.15, 0.2) is 68.3 Å². The Kier molecular flexibility index (Phi) is 5.04. The first-order valence-electron chi connectivity index (χ1n) is 8.70. The van der Waals surface area contributed by atoms with E-state index in [0.717, 1.165) is 4.47 Å². The third-order valence-corrected chi connectivity index (χ3v) is 4.87. The minimum atomic E-state index is -1.01. The maximum atomic E-state index is 12.4. The van der Waals surface area contributed by atoms with E-state index in [-0.39, 0.29) is 22.5 Å². The molecule has 0 spiro atoms. The van der Waals surface area contributed by atoms with E-state index in [4.69, 9.17) is 9.52 Å². The predicted octanol–water partition coefficient (Wildman–Crippen LogP) is 4.71. The number of nitrogens with one attached hydrogen (secondary N) is 1. The van der Waals surface area contributed by atoms with Crippen LogP contribution in [0.1, 0.15) is 21.9 Å². The minimum absolute atomic E-state index is 0.138. The van der Waals surface area contributed by atoms with Crippen molar-refractivity contribution in [2.75, 3.05) is 0 Å². The van der Waals surface area contributed by atoms with Crippen molar-refractivity contribution in [3.63, 3.8) is 0 Å². The largest absolute Gasteiger partial charge is 0.478 e. The molecule has 0 unspecified atom stereocenters. The summed E-state index contributed by atoms with van der Waals surface area (Å²) < 4.78 is 6.51. The third kappa shape index (κ3) is 3.79. The number of halogens is 1. The van der Waals surface area contributed by atoms with Gasteiger partial charge in [-0.2, -0.15) is 5.26 Å². The molecule has 2 aromatic carbocycles. The van der Waals surface area contributed by atoms with Gasteiger partial charge in [0.25, 0.3) is 5.56 Å². The second-order valence-corrected chi connectivity index (χ2v) is 7.25. The Balaban J connectivity index is 1.69. The van der Waals surface area contributed by atoms with E-state index in [1.165, 1.54) is 18.2 Å². The van der Waals surface area contributed by atoms with Crippen LogP contribution in [0.4, 0.5) is 0 Å². The molecule has 7 nitrogen and oxygen atoms in total. The minimum Gasteiger partial charge on any atom is -0.478 e. The number of allylic oxidation sites excluding steroid dienone is 1. The molecule has 4 rings (SSSR count). The van der Waals surface area contributed by atoms with Crippen molar-refractivity contribution in [1.82, 2.24) is 9.97 Å². The van der Waals surface area contributed by atoms with Crippen molar-refractivity contribution < 1.29 is 14.3 Å². The van der Waals surface area contributed by atoms with Gasteiger partial charge in [-0.05, 0) is 42.5 Å². The predicted molar refractivity (Wildman–Crippen MR) is 115 cm³/mol. The molecule has 2 N–H and O–H groups in total. The molecule has 30 heavy (non-hydrogen) atoms. The zero-order valence-electron chi connectivity index (χ0n) is 15.2. The van der Waals surface area contributed by atoms with E-state index >= 15 is 0 Å². The second-order valence-electron chi connectivity index (χ2n) is 6.33. The first-order chi connectivity index (χ1) is 14.4. The second kappa shape index (κ2) is 7.81. The molecular formula is C22H12BrN3O4. The quantitative estimate of drug-likeness (QED) is 0.424. The standard InChI is InChI=1S/C22H12BrN3O4/c23-15-5-7-18-17(10-15)21(27)26-20(25-18)14(11-24)9-16-6-8-19(30-16)12-1-3-13(4-2-12)22(28)29/h1-10H,(H,28,29)(H,25,26,27). The van der Waals surface area contributed by atoms with Gasteiger partial charge in [0.2, 0.25) is 0 Å². The third-order valence-electron chi connectivity index (χ3n) is 4.37. The molecule has 0 bridgehead atoms. The molecule has 0 radical (unpaired) electrons. The number of rotatable bonds is 4. The number of furan rings is 1. The van der Waals surface area contributed by atoms with Crippen molar-refractivity contribution in [2.45, 2.75) is 0 Å². The highest BCUT2D eigenvalue weighted by atomic mass is 79.9. The van der Waals surface area contributed by atoms with Gasteiger partial charge in [-0.25, -0.2) is 9.78 Å². The molecule has 0 aliphatic carbocycles. The molecule has 0 aliphatic heterocycles.